The van der Waals surface area contributed by atoms with Crippen molar-refractivity contribution in [3.8, 4) is 0 Å². The van der Waals surface area contributed by atoms with Crippen LogP contribution in [-0.4, -0.2) is 41.6 Å². The van der Waals surface area contributed by atoms with E-state index in [0.717, 1.165) is 12.8 Å². The molecule has 5 heteroatoms. The van der Waals surface area contributed by atoms with Crippen molar-refractivity contribution in [3.63, 3.8) is 0 Å². The van der Waals surface area contributed by atoms with E-state index in [-0.39, 0.29) is 24.0 Å². The minimum atomic E-state index is -0.485. The van der Waals surface area contributed by atoms with E-state index >= 15 is 0 Å². The molecule has 0 radical (unpaired) electrons. The number of ether oxygens (including phenoxy) is 1. The lowest BCUT2D eigenvalue weighted by Gasteiger charge is -2.37. The Hall–Kier alpha value is -1.26. The molecule has 1 rings (SSSR count). The summed E-state index contributed by atoms with van der Waals surface area (Å²) in [6.07, 6.45) is 1.97. The van der Waals surface area contributed by atoms with Crippen LogP contribution in [0.5, 0.6) is 0 Å². The summed E-state index contributed by atoms with van der Waals surface area (Å²) in [6.45, 7) is 13.3. The highest BCUT2D eigenvalue weighted by molar-refractivity contribution is 5.76. The van der Waals surface area contributed by atoms with Gasteiger partial charge in [0.25, 0.3) is 0 Å². The molecule has 0 unspecified atom stereocenters. The van der Waals surface area contributed by atoms with Gasteiger partial charge in [-0.05, 0) is 45.4 Å². The van der Waals surface area contributed by atoms with Crippen LogP contribution in [0.3, 0.4) is 0 Å². The Morgan fingerprint density at radius 3 is 2.45 bits per heavy atom. The average molecular weight is 312 g/mol. The van der Waals surface area contributed by atoms with E-state index in [0.29, 0.717) is 25.4 Å². The first kappa shape index (κ1) is 18.8. The molecule has 5 nitrogen and oxygen atoms in total. The van der Waals surface area contributed by atoms with Crippen molar-refractivity contribution < 1.29 is 14.3 Å². The maximum atomic E-state index is 12.2. The van der Waals surface area contributed by atoms with E-state index in [1.54, 1.807) is 0 Å². The lowest BCUT2D eigenvalue weighted by molar-refractivity contribution is -0.133. The number of carbonyl (C=O) groups is 2. The van der Waals surface area contributed by atoms with Gasteiger partial charge >= 0.3 is 6.09 Å². The standard InChI is InChI=1S/C17H32N2O3/c1-12(2)7-8-15(20)19-10-9-14(13(3)11-19)18-16(21)22-17(4,5)6/h12-14H,7-11H2,1-6H3,(H,18,21)/t13-,14-/m0/s1. The second-order valence-corrected chi connectivity index (χ2v) is 7.79. The zero-order chi connectivity index (χ0) is 16.9. The Kier molecular flexibility index (Phi) is 6.69. The molecule has 1 N–H and O–H groups in total. The van der Waals surface area contributed by atoms with Crippen molar-refractivity contribution in [3.05, 3.63) is 0 Å². The van der Waals surface area contributed by atoms with E-state index in [2.05, 4.69) is 26.1 Å². The second-order valence-electron chi connectivity index (χ2n) is 7.79. The molecule has 0 aromatic carbocycles. The summed E-state index contributed by atoms with van der Waals surface area (Å²) < 4.78 is 5.30. The van der Waals surface area contributed by atoms with Crippen molar-refractivity contribution >= 4 is 12.0 Å². The van der Waals surface area contributed by atoms with E-state index in [1.165, 1.54) is 0 Å². The summed E-state index contributed by atoms with van der Waals surface area (Å²) in [4.78, 5) is 26.0. The average Bonchev–Trinajstić information content (AvgIpc) is 2.36. The largest absolute Gasteiger partial charge is 0.444 e. The number of likely N-dealkylation sites (tertiary alicyclic amines) is 1. The van der Waals surface area contributed by atoms with E-state index in [4.69, 9.17) is 4.74 Å². The fourth-order valence-corrected chi connectivity index (χ4v) is 2.62. The molecule has 0 aromatic rings. The van der Waals surface area contributed by atoms with Crippen LogP contribution >= 0.6 is 0 Å². The molecule has 1 fully saturated rings. The van der Waals surface area contributed by atoms with Crippen molar-refractivity contribution in [2.24, 2.45) is 11.8 Å². The zero-order valence-corrected chi connectivity index (χ0v) is 14.9. The molecule has 1 aliphatic rings. The van der Waals surface area contributed by atoms with Crippen molar-refractivity contribution in [1.82, 2.24) is 10.2 Å². The van der Waals surface area contributed by atoms with Gasteiger partial charge in [-0.1, -0.05) is 20.8 Å². The summed E-state index contributed by atoms with van der Waals surface area (Å²) in [5, 5.41) is 2.94. The molecule has 2 amide bonds. The summed E-state index contributed by atoms with van der Waals surface area (Å²) in [5.74, 6) is 1.02. The maximum absolute atomic E-state index is 12.2. The van der Waals surface area contributed by atoms with E-state index < -0.39 is 5.60 Å². The van der Waals surface area contributed by atoms with Crippen LogP contribution in [0.25, 0.3) is 0 Å². The van der Waals surface area contributed by atoms with Gasteiger partial charge in [-0.2, -0.15) is 0 Å². The number of alkyl carbamates (subject to hydrolysis) is 1. The summed E-state index contributed by atoms with van der Waals surface area (Å²) >= 11 is 0. The molecular formula is C17H32N2O3. The Morgan fingerprint density at radius 2 is 1.95 bits per heavy atom. The molecule has 1 aliphatic heterocycles. The number of carbonyl (C=O) groups excluding carboxylic acids is 2. The van der Waals surface area contributed by atoms with Gasteiger partial charge in [-0.3, -0.25) is 4.79 Å². The summed E-state index contributed by atoms with van der Waals surface area (Å²) in [7, 11) is 0. The zero-order valence-electron chi connectivity index (χ0n) is 14.9. The van der Waals surface area contributed by atoms with Gasteiger partial charge in [-0.15, -0.1) is 0 Å². The molecule has 1 heterocycles. The predicted molar refractivity (Wildman–Crippen MR) is 87.6 cm³/mol. The third-order valence-electron chi connectivity index (χ3n) is 3.90. The predicted octanol–water partition coefficient (Wildman–Crippen LogP) is 3.18. The fraction of sp³-hybridized carbons (Fsp3) is 0.882. The highest BCUT2D eigenvalue weighted by Crippen LogP contribution is 2.19. The molecule has 0 saturated carbocycles. The Balaban J connectivity index is 2.42. The first-order chi connectivity index (χ1) is 10.1. The van der Waals surface area contributed by atoms with Gasteiger partial charge in [0.2, 0.25) is 5.91 Å². The van der Waals surface area contributed by atoms with Crippen molar-refractivity contribution in [2.75, 3.05) is 13.1 Å². The van der Waals surface area contributed by atoms with Crippen LogP contribution in [0.1, 0.15) is 60.8 Å². The van der Waals surface area contributed by atoms with Crippen LogP contribution in [0.15, 0.2) is 0 Å². The molecule has 22 heavy (non-hydrogen) atoms. The maximum Gasteiger partial charge on any atom is 0.407 e. The van der Waals surface area contributed by atoms with Crippen LogP contribution in [0.4, 0.5) is 4.79 Å². The topological polar surface area (TPSA) is 58.6 Å². The number of amides is 2. The minimum Gasteiger partial charge on any atom is -0.444 e. The molecule has 0 aliphatic carbocycles. The lowest BCUT2D eigenvalue weighted by atomic mass is 9.93. The van der Waals surface area contributed by atoms with Gasteiger partial charge in [0.1, 0.15) is 5.60 Å². The smallest absolute Gasteiger partial charge is 0.407 e. The molecule has 1 saturated heterocycles. The molecule has 0 aromatic heterocycles. The fourth-order valence-electron chi connectivity index (χ4n) is 2.62. The first-order valence-corrected chi connectivity index (χ1v) is 8.35. The Morgan fingerprint density at radius 1 is 1.32 bits per heavy atom. The van der Waals surface area contributed by atoms with Gasteiger partial charge in [0.15, 0.2) is 0 Å². The van der Waals surface area contributed by atoms with Gasteiger partial charge < -0.3 is 15.0 Å². The molecular weight excluding hydrogens is 280 g/mol. The lowest BCUT2D eigenvalue weighted by Crippen LogP contribution is -2.52. The SMILES string of the molecule is CC(C)CCC(=O)N1CC[C@H](NC(=O)OC(C)(C)C)[C@@H](C)C1. The van der Waals surface area contributed by atoms with Crippen LogP contribution in [0, 0.1) is 11.8 Å². The molecule has 0 bridgehead atoms. The Labute approximate surface area is 134 Å². The molecule has 0 spiro atoms. The number of piperidine rings is 1. The molecule has 2 atom stereocenters. The summed E-state index contributed by atoms with van der Waals surface area (Å²) in [5.41, 5.74) is -0.485. The first-order valence-electron chi connectivity index (χ1n) is 8.35. The Bertz CT molecular complexity index is 388. The number of hydrogen-bond acceptors (Lipinski definition) is 3. The highest BCUT2D eigenvalue weighted by Gasteiger charge is 2.30. The van der Waals surface area contributed by atoms with E-state index in [9.17, 15) is 9.59 Å². The monoisotopic (exact) mass is 312 g/mol. The van der Waals surface area contributed by atoms with Crippen molar-refractivity contribution in [1.29, 1.82) is 0 Å². The third-order valence-corrected chi connectivity index (χ3v) is 3.90. The number of nitrogens with zero attached hydrogens (tertiary/aromatic N) is 1. The minimum absolute atomic E-state index is 0.0731. The van der Waals surface area contributed by atoms with E-state index in [1.807, 2.05) is 25.7 Å². The van der Waals surface area contributed by atoms with Crippen LogP contribution in [-0.2, 0) is 9.53 Å². The number of rotatable bonds is 4. The van der Waals surface area contributed by atoms with Gasteiger partial charge in [0.05, 0.1) is 0 Å². The van der Waals surface area contributed by atoms with Crippen LogP contribution in [0.2, 0.25) is 0 Å². The quantitative estimate of drug-likeness (QED) is 0.867. The number of hydrogen-bond donors (Lipinski definition) is 1. The van der Waals surface area contributed by atoms with Gasteiger partial charge in [0, 0.05) is 25.6 Å². The van der Waals surface area contributed by atoms with Crippen LogP contribution < -0.4 is 5.32 Å². The summed E-state index contributed by atoms with van der Waals surface area (Å²) in [6, 6.07) is 0.0731. The van der Waals surface area contributed by atoms with Gasteiger partial charge in [-0.25, -0.2) is 4.79 Å². The molecule has 128 valence electrons. The number of nitrogens with one attached hydrogen (secondary N) is 1. The second kappa shape index (κ2) is 7.84. The normalized spacial score (nSPS) is 22.6. The van der Waals surface area contributed by atoms with Crippen molar-refractivity contribution in [2.45, 2.75) is 72.4 Å². The highest BCUT2D eigenvalue weighted by atomic mass is 16.6. The third kappa shape index (κ3) is 6.67.